The SMILES string of the molecule is CC(=O)O[C@H]1CC[C@@]2(C)C(=CC[C@@H]3[C@@H]2CC[C@]2(C)/C(=N/O)CC[C@@H]32)C1. The van der Waals surface area contributed by atoms with E-state index >= 15 is 0 Å². The van der Waals surface area contributed by atoms with Crippen LogP contribution in [0.25, 0.3) is 0 Å². The van der Waals surface area contributed by atoms with Gasteiger partial charge in [-0.1, -0.05) is 30.7 Å². The number of rotatable bonds is 1. The molecule has 3 saturated carbocycles. The topological polar surface area (TPSA) is 58.9 Å². The average molecular weight is 345 g/mol. The van der Waals surface area contributed by atoms with Gasteiger partial charge >= 0.3 is 5.97 Å². The average Bonchev–Trinajstić information content (AvgIpc) is 2.91. The quantitative estimate of drug-likeness (QED) is 0.324. The summed E-state index contributed by atoms with van der Waals surface area (Å²) >= 11 is 0. The van der Waals surface area contributed by atoms with Crippen molar-refractivity contribution in [3.63, 3.8) is 0 Å². The number of allylic oxidation sites excluding steroid dienone is 1. The van der Waals surface area contributed by atoms with Crippen LogP contribution in [0.1, 0.15) is 72.1 Å². The minimum Gasteiger partial charge on any atom is -0.462 e. The van der Waals surface area contributed by atoms with E-state index in [4.69, 9.17) is 4.74 Å². The lowest BCUT2D eigenvalue weighted by Crippen LogP contribution is -2.50. The highest BCUT2D eigenvalue weighted by atomic mass is 16.5. The van der Waals surface area contributed by atoms with Crippen LogP contribution < -0.4 is 0 Å². The van der Waals surface area contributed by atoms with Crippen molar-refractivity contribution in [2.75, 3.05) is 0 Å². The van der Waals surface area contributed by atoms with Crippen LogP contribution in [-0.4, -0.2) is 23.0 Å². The van der Waals surface area contributed by atoms with Gasteiger partial charge in [-0.15, -0.1) is 0 Å². The van der Waals surface area contributed by atoms with Crippen molar-refractivity contribution in [3.8, 4) is 0 Å². The van der Waals surface area contributed by atoms with E-state index in [1.54, 1.807) is 0 Å². The minimum atomic E-state index is -0.155. The van der Waals surface area contributed by atoms with Gasteiger partial charge in [0.05, 0.1) is 5.71 Å². The van der Waals surface area contributed by atoms with Crippen molar-refractivity contribution < 1.29 is 14.7 Å². The van der Waals surface area contributed by atoms with Crippen LogP contribution in [-0.2, 0) is 9.53 Å². The number of fused-ring (bicyclic) bond motifs is 5. The standard InChI is InChI=1S/C21H31NO3/c1-13(23)25-15-8-10-20(2)14(12-15)4-5-16-17-6-7-19(22-24)21(17,3)11-9-18(16)20/h4,15-18,24H,5-12H2,1-3H3/b22-19+/t15-,16-,17-,18-,20-,21-/m0/s1. The summed E-state index contributed by atoms with van der Waals surface area (Å²) in [6.07, 6.45) is 11.2. The number of carbonyl (C=O) groups excluding carboxylic acids is 1. The molecule has 0 aromatic carbocycles. The Morgan fingerprint density at radius 3 is 2.64 bits per heavy atom. The Hall–Kier alpha value is -1.32. The van der Waals surface area contributed by atoms with Gasteiger partial charge in [0.25, 0.3) is 0 Å². The highest BCUT2D eigenvalue weighted by molar-refractivity contribution is 5.92. The zero-order valence-electron chi connectivity index (χ0n) is 15.8. The highest BCUT2D eigenvalue weighted by Crippen LogP contribution is 2.64. The van der Waals surface area contributed by atoms with E-state index in [-0.39, 0.29) is 22.9 Å². The summed E-state index contributed by atoms with van der Waals surface area (Å²) in [5.74, 6) is 1.93. The second-order valence-electron chi connectivity index (χ2n) is 9.28. The minimum absolute atomic E-state index is 0.0711. The summed E-state index contributed by atoms with van der Waals surface area (Å²) in [6, 6.07) is 0. The molecule has 3 fully saturated rings. The smallest absolute Gasteiger partial charge is 0.302 e. The molecule has 0 heterocycles. The molecule has 0 unspecified atom stereocenters. The molecule has 4 aliphatic carbocycles. The van der Waals surface area contributed by atoms with E-state index in [0.29, 0.717) is 11.8 Å². The van der Waals surface area contributed by atoms with Crippen LogP contribution in [0, 0.1) is 28.6 Å². The van der Waals surface area contributed by atoms with Crippen molar-refractivity contribution in [1.29, 1.82) is 0 Å². The Balaban J connectivity index is 1.60. The fourth-order valence-electron chi connectivity index (χ4n) is 6.92. The molecule has 4 aliphatic rings. The molecule has 0 aromatic heterocycles. The highest BCUT2D eigenvalue weighted by Gasteiger charge is 2.58. The number of hydrogen-bond acceptors (Lipinski definition) is 4. The molecule has 0 radical (unpaired) electrons. The first-order valence-corrected chi connectivity index (χ1v) is 9.96. The number of esters is 1. The second kappa shape index (κ2) is 5.85. The van der Waals surface area contributed by atoms with Crippen LogP contribution in [0.2, 0.25) is 0 Å². The summed E-state index contributed by atoms with van der Waals surface area (Å²) in [7, 11) is 0. The predicted octanol–water partition coefficient (Wildman–Crippen LogP) is 4.71. The van der Waals surface area contributed by atoms with Gasteiger partial charge < -0.3 is 9.94 Å². The molecular weight excluding hydrogens is 314 g/mol. The van der Waals surface area contributed by atoms with Gasteiger partial charge in [0, 0.05) is 18.8 Å². The third-order valence-electron chi connectivity index (χ3n) is 8.25. The maximum absolute atomic E-state index is 11.3. The summed E-state index contributed by atoms with van der Waals surface area (Å²) in [5, 5.41) is 13.1. The zero-order valence-corrected chi connectivity index (χ0v) is 15.8. The number of hydrogen-bond donors (Lipinski definition) is 1. The van der Waals surface area contributed by atoms with E-state index in [1.165, 1.54) is 25.3 Å². The number of oxime groups is 1. The molecule has 0 aromatic rings. The summed E-state index contributed by atoms with van der Waals surface area (Å²) in [4.78, 5) is 11.3. The Kier molecular flexibility index (Phi) is 4.01. The van der Waals surface area contributed by atoms with Gasteiger partial charge in [-0.25, -0.2) is 0 Å². The molecule has 0 spiro atoms. The van der Waals surface area contributed by atoms with E-state index in [0.717, 1.165) is 50.2 Å². The first-order chi connectivity index (χ1) is 11.9. The van der Waals surface area contributed by atoms with Gasteiger partial charge in [-0.2, -0.15) is 0 Å². The van der Waals surface area contributed by atoms with E-state index in [1.807, 2.05) is 0 Å². The van der Waals surface area contributed by atoms with E-state index in [2.05, 4.69) is 25.1 Å². The first kappa shape index (κ1) is 17.1. The molecule has 4 heteroatoms. The van der Waals surface area contributed by atoms with Gasteiger partial charge in [0.15, 0.2) is 0 Å². The number of carbonyl (C=O) groups is 1. The molecule has 25 heavy (non-hydrogen) atoms. The van der Waals surface area contributed by atoms with Crippen LogP contribution in [0.15, 0.2) is 16.8 Å². The van der Waals surface area contributed by atoms with Crippen molar-refractivity contribution in [2.24, 2.45) is 33.7 Å². The third-order valence-corrected chi connectivity index (χ3v) is 8.25. The fourth-order valence-corrected chi connectivity index (χ4v) is 6.92. The second-order valence-corrected chi connectivity index (χ2v) is 9.28. The maximum atomic E-state index is 11.3. The van der Waals surface area contributed by atoms with Crippen molar-refractivity contribution >= 4 is 11.7 Å². The molecule has 4 rings (SSSR count). The molecule has 0 aliphatic heterocycles. The van der Waals surface area contributed by atoms with Crippen molar-refractivity contribution in [1.82, 2.24) is 0 Å². The monoisotopic (exact) mass is 345 g/mol. The van der Waals surface area contributed by atoms with Crippen molar-refractivity contribution in [3.05, 3.63) is 11.6 Å². The molecular formula is C21H31NO3. The molecule has 0 saturated heterocycles. The van der Waals surface area contributed by atoms with Gasteiger partial charge in [-0.05, 0) is 68.1 Å². The molecule has 6 atom stereocenters. The van der Waals surface area contributed by atoms with E-state index in [9.17, 15) is 10.0 Å². The van der Waals surface area contributed by atoms with Crippen LogP contribution in [0.5, 0.6) is 0 Å². The predicted molar refractivity (Wildman–Crippen MR) is 96.5 cm³/mol. The van der Waals surface area contributed by atoms with Gasteiger partial charge in [-0.3, -0.25) is 4.79 Å². The Morgan fingerprint density at radius 2 is 1.92 bits per heavy atom. The summed E-state index contributed by atoms with van der Waals surface area (Å²) < 4.78 is 5.51. The molecule has 0 amide bonds. The summed E-state index contributed by atoms with van der Waals surface area (Å²) in [6.45, 7) is 6.30. The fraction of sp³-hybridized carbons (Fsp3) is 0.810. The zero-order chi connectivity index (χ0) is 17.8. The summed E-state index contributed by atoms with van der Waals surface area (Å²) in [5.41, 5.74) is 2.94. The Morgan fingerprint density at radius 1 is 1.20 bits per heavy atom. The Labute approximate surface area is 150 Å². The lowest BCUT2D eigenvalue weighted by atomic mass is 9.48. The number of ether oxygens (including phenoxy) is 1. The molecule has 1 N–H and O–H groups in total. The van der Waals surface area contributed by atoms with Crippen LogP contribution >= 0.6 is 0 Å². The third kappa shape index (κ3) is 2.47. The molecule has 0 bridgehead atoms. The lowest BCUT2D eigenvalue weighted by Gasteiger charge is -2.57. The van der Waals surface area contributed by atoms with Crippen LogP contribution in [0.3, 0.4) is 0 Å². The normalized spacial score (nSPS) is 47.5. The largest absolute Gasteiger partial charge is 0.462 e. The van der Waals surface area contributed by atoms with Crippen molar-refractivity contribution in [2.45, 2.75) is 78.2 Å². The number of nitrogens with zero attached hydrogens (tertiary/aromatic N) is 1. The molecule has 4 nitrogen and oxygen atoms in total. The molecule has 138 valence electrons. The van der Waals surface area contributed by atoms with Gasteiger partial charge in [0.1, 0.15) is 6.10 Å². The first-order valence-electron chi connectivity index (χ1n) is 9.96. The van der Waals surface area contributed by atoms with E-state index < -0.39 is 0 Å². The van der Waals surface area contributed by atoms with Gasteiger partial charge in [0.2, 0.25) is 0 Å². The maximum Gasteiger partial charge on any atom is 0.302 e. The lowest BCUT2D eigenvalue weighted by molar-refractivity contribution is -0.148. The Bertz CT molecular complexity index is 639. The van der Waals surface area contributed by atoms with Crippen LogP contribution in [0.4, 0.5) is 0 Å².